The molecular weight excluding hydrogens is 304 g/mol. The lowest BCUT2D eigenvalue weighted by Crippen LogP contribution is -2.24. The van der Waals surface area contributed by atoms with Crippen LogP contribution in [0.1, 0.15) is 22.3 Å². The van der Waals surface area contributed by atoms with Crippen molar-refractivity contribution in [2.24, 2.45) is 0 Å². The Labute approximate surface area is 138 Å². The summed E-state index contributed by atoms with van der Waals surface area (Å²) >= 11 is 0. The molecule has 24 heavy (non-hydrogen) atoms. The predicted molar refractivity (Wildman–Crippen MR) is 92.9 cm³/mol. The van der Waals surface area contributed by atoms with Crippen LogP contribution in [0, 0.1) is 13.8 Å². The summed E-state index contributed by atoms with van der Waals surface area (Å²) in [6.45, 7) is 3.89. The van der Waals surface area contributed by atoms with Crippen LogP contribution in [0.2, 0.25) is 0 Å². The second kappa shape index (κ2) is 5.35. The largest absolute Gasteiger partial charge is 0.460 e. The van der Waals surface area contributed by atoms with Gasteiger partial charge >= 0.3 is 5.63 Å². The van der Waals surface area contributed by atoms with E-state index in [1.807, 2.05) is 50.2 Å². The Morgan fingerprint density at radius 2 is 1.75 bits per heavy atom. The third-order valence-electron chi connectivity index (χ3n) is 4.19. The summed E-state index contributed by atoms with van der Waals surface area (Å²) in [5.74, 6) is 0.604. The van der Waals surface area contributed by atoms with Gasteiger partial charge in [-0.25, -0.2) is 4.79 Å². The van der Waals surface area contributed by atoms with E-state index in [2.05, 4.69) is 0 Å². The molecule has 0 radical (unpaired) electrons. The van der Waals surface area contributed by atoms with E-state index in [4.69, 9.17) is 9.15 Å². The quantitative estimate of drug-likeness (QED) is 0.695. The van der Waals surface area contributed by atoms with Gasteiger partial charge in [0.25, 0.3) is 0 Å². The van der Waals surface area contributed by atoms with Crippen molar-refractivity contribution in [3.63, 3.8) is 0 Å². The minimum absolute atomic E-state index is 0.310. The second-order valence-corrected chi connectivity index (χ2v) is 6.10. The summed E-state index contributed by atoms with van der Waals surface area (Å²) in [7, 11) is 0. The van der Waals surface area contributed by atoms with Gasteiger partial charge in [-0.1, -0.05) is 24.3 Å². The highest BCUT2D eigenvalue weighted by Crippen LogP contribution is 2.34. The smallest absolute Gasteiger partial charge is 0.344 e. The molecule has 0 aliphatic carbocycles. The molecule has 1 aromatic heterocycles. The number of hydrogen-bond donors (Lipinski definition) is 1. The molecule has 0 saturated carbocycles. The average Bonchev–Trinajstić information content (AvgIpc) is 2.53. The third-order valence-corrected chi connectivity index (χ3v) is 4.19. The van der Waals surface area contributed by atoms with Crippen LogP contribution in [0.5, 0.6) is 5.75 Å². The molecule has 1 aliphatic heterocycles. The molecule has 1 atom stereocenters. The van der Waals surface area contributed by atoms with Gasteiger partial charge < -0.3 is 14.3 Å². The van der Waals surface area contributed by atoms with E-state index in [0.717, 1.165) is 22.1 Å². The maximum absolute atomic E-state index is 12.4. The lowest BCUT2D eigenvalue weighted by Gasteiger charge is -2.23. The van der Waals surface area contributed by atoms with Gasteiger partial charge in [0.15, 0.2) is 0 Å². The van der Waals surface area contributed by atoms with E-state index in [1.165, 1.54) is 0 Å². The Balaban J connectivity index is 1.90. The van der Waals surface area contributed by atoms with E-state index in [-0.39, 0.29) is 0 Å². The molecule has 4 rings (SSSR count). The van der Waals surface area contributed by atoms with Gasteiger partial charge in [0.05, 0.1) is 5.56 Å². The number of aliphatic hydroxyl groups is 1. The summed E-state index contributed by atoms with van der Waals surface area (Å²) in [5, 5.41) is 11.1. The number of fused-ring (bicyclic) bond motifs is 2. The molecule has 1 aliphatic rings. The molecule has 0 bridgehead atoms. The van der Waals surface area contributed by atoms with Crippen molar-refractivity contribution in [2.45, 2.75) is 20.1 Å². The highest BCUT2D eigenvalue weighted by molar-refractivity contribution is 5.89. The average molecular weight is 320 g/mol. The molecule has 120 valence electrons. The zero-order chi connectivity index (χ0) is 16.8. The summed E-state index contributed by atoms with van der Waals surface area (Å²) in [6.07, 6.45) is 0.569. The maximum Gasteiger partial charge on any atom is 0.344 e. The lowest BCUT2D eigenvalue weighted by atomic mass is 9.99. The molecule has 4 heteroatoms. The van der Waals surface area contributed by atoms with Crippen molar-refractivity contribution in [2.75, 3.05) is 0 Å². The number of aryl methyl sites for hydroxylation is 2. The van der Waals surface area contributed by atoms with Crippen LogP contribution >= 0.6 is 0 Å². The van der Waals surface area contributed by atoms with Crippen LogP contribution in [0.25, 0.3) is 22.6 Å². The number of rotatable bonds is 1. The van der Waals surface area contributed by atoms with Crippen LogP contribution < -0.4 is 10.4 Å². The molecule has 0 saturated heterocycles. The molecular formula is C20H16O4. The topological polar surface area (TPSA) is 59.7 Å². The number of hydrogen-bond acceptors (Lipinski definition) is 4. The summed E-state index contributed by atoms with van der Waals surface area (Å²) in [5.41, 5.74) is 3.64. The Kier molecular flexibility index (Phi) is 3.28. The first-order valence-electron chi connectivity index (χ1n) is 7.73. The Morgan fingerprint density at radius 1 is 1.00 bits per heavy atom. The van der Waals surface area contributed by atoms with Gasteiger partial charge in [0.1, 0.15) is 11.3 Å². The van der Waals surface area contributed by atoms with Crippen molar-refractivity contribution in [3.8, 4) is 5.75 Å². The standard InChI is InChI=1S/C20H16O4/c1-11-3-5-13-9-15(19(21)23-17(13)7-11)16-10-14-6-4-12(2)8-18(14)24-20(16)22/h3-10,19,21H,1-2H3. The number of ether oxygens (including phenoxy) is 1. The predicted octanol–water partition coefficient (Wildman–Crippen LogP) is 3.66. The first kappa shape index (κ1) is 14.7. The fourth-order valence-corrected chi connectivity index (χ4v) is 2.92. The fourth-order valence-electron chi connectivity index (χ4n) is 2.92. The van der Waals surface area contributed by atoms with E-state index in [9.17, 15) is 9.90 Å². The summed E-state index contributed by atoms with van der Waals surface area (Å²) in [4.78, 5) is 12.4. The van der Waals surface area contributed by atoms with Crippen LogP contribution in [0.15, 0.2) is 51.7 Å². The molecule has 3 aromatic rings. The number of aliphatic hydroxyl groups excluding tert-OH is 1. The van der Waals surface area contributed by atoms with Crippen LogP contribution in [-0.4, -0.2) is 11.4 Å². The van der Waals surface area contributed by atoms with Gasteiger partial charge in [-0.2, -0.15) is 0 Å². The van der Waals surface area contributed by atoms with Crippen LogP contribution in [0.4, 0.5) is 0 Å². The molecule has 2 aromatic carbocycles. The number of benzene rings is 2. The van der Waals surface area contributed by atoms with Crippen molar-refractivity contribution >= 4 is 22.6 Å². The van der Waals surface area contributed by atoms with Gasteiger partial charge in [-0.05, 0) is 49.2 Å². The fraction of sp³-hybridized carbons (Fsp3) is 0.150. The van der Waals surface area contributed by atoms with Gasteiger partial charge in [-0.3, -0.25) is 0 Å². The van der Waals surface area contributed by atoms with Crippen molar-refractivity contribution in [1.82, 2.24) is 0 Å². The van der Waals surface area contributed by atoms with Crippen molar-refractivity contribution in [1.29, 1.82) is 0 Å². The van der Waals surface area contributed by atoms with E-state index in [0.29, 0.717) is 22.5 Å². The van der Waals surface area contributed by atoms with Crippen LogP contribution in [0.3, 0.4) is 0 Å². The summed E-state index contributed by atoms with van der Waals surface area (Å²) in [6, 6.07) is 13.1. The Hall–Kier alpha value is -2.85. The zero-order valence-electron chi connectivity index (χ0n) is 13.4. The maximum atomic E-state index is 12.4. The molecule has 0 fully saturated rings. The van der Waals surface area contributed by atoms with Crippen molar-refractivity contribution in [3.05, 3.63) is 75.1 Å². The molecule has 1 unspecified atom stereocenters. The second-order valence-electron chi connectivity index (χ2n) is 6.10. The molecule has 4 nitrogen and oxygen atoms in total. The zero-order valence-corrected chi connectivity index (χ0v) is 13.4. The monoisotopic (exact) mass is 320 g/mol. The van der Waals surface area contributed by atoms with Gasteiger partial charge in [-0.15, -0.1) is 0 Å². The van der Waals surface area contributed by atoms with E-state index < -0.39 is 11.9 Å². The third kappa shape index (κ3) is 2.41. The first-order valence-corrected chi connectivity index (χ1v) is 7.73. The van der Waals surface area contributed by atoms with Gasteiger partial charge in [0.2, 0.25) is 6.29 Å². The van der Waals surface area contributed by atoms with Crippen LogP contribution in [-0.2, 0) is 0 Å². The Bertz CT molecular complexity index is 1040. The minimum atomic E-state index is -1.20. The molecule has 2 heterocycles. The SMILES string of the molecule is Cc1ccc2c(c1)OC(O)C(c1cc3ccc(C)cc3oc1=O)=C2. The van der Waals surface area contributed by atoms with Gasteiger partial charge in [0, 0.05) is 16.5 Å². The van der Waals surface area contributed by atoms with E-state index >= 15 is 0 Å². The molecule has 1 N–H and O–H groups in total. The Morgan fingerprint density at radius 3 is 2.58 bits per heavy atom. The minimum Gasteiger partial charge on any atom is -0.460 e. The molecule has 0 spiro atoms. The van der Waals surface area contributed by atoms with E-state index in [1.54, 1.807) is 12.1 Å². The highest BCUT2D eigenvalue weighted by atomic mass is 16.6. The normalized spacial score (nSPS) is 16.5. The first-order chi connectivity index (χ1) is 11.5. The van der Waals surface area contributed by atoms with Crippen molar-refractivity contribution < 1.29 is 14.3 Å². The lowest BCUT2D eigenvalue weighted by molar-refractivity contribution is 0.0317. The highest BCUT2D eigenvalue weighted by Gasteiger charge is 2.24. The summed E-state index contributed by atoms with van der Waals surface area (Å²) < 4.78 is 11.0. The molecule has 0 amide bonds.